The molecule has 5 rings (SSSR count). The van der Waals surface area contributed by atoms with E-state index in [2.05, 4.69) is 14.9 Å². The molecule has 4 aromatic rings. The number of methoxy groups -OCH3 is 1. The summed E-state index contributed by atoms with van der Waals surface area (Å²) in [4.78, 5) is 29.3. The number of piperazine rings is 1. The Kier molecular flexibility index (Phi) is 6.08. The van der Waals surface area contributed by atoms with Crippen LogP contribution in [0.2, 0.25) is 5.02 Å². The van der Waals surface area contributed by atoms with Crippen LogP contribution in [-0.2, 0) is 6.54 Å². The molecule has 2 aromatic heterocycles. The third kappa shape index (κ3) is 4.30. The van der Waals surface area contributed by atoms with Gasteiger partial charge in [0.05, 0.1) is 24.7 Å². The van der Waals surface area contributed by atoms with Crippen molar-refractivity contribution >= 4 is 28.3 Å². The molecule has 0 saturated carbocycles. The van der Waals surface area contributed by atoms with Crippen LogP contribution in [0.3, 0.4) is 0 Å². The van der Waals surface area contributed by atoms with Gasteiger partial charge in [0.25, 0.3) is 5.56 Å². The lowest BCUT2D eigenvalue weighted by Gasteiger charge is -2.36. The van der Waals surface area contributed by atoms with E-state index < -0.39 is 0 Å². The zero-order valence-electron chi connectivity index (χ0n) is 18.6. The van der Waals surface area contributed by atoms with Crippen molar-refractivity contribution in [3.63, 3.8) is 0 Å². The minimum Gasteiger partial charge on any atom is -0.497 e. The van der Waals surface area contributed by atoms with Gasteiger partial charge in [0.15, 0.2) is 0 Å². The monoisotopic (exact) mass is 478 g/mol. The predicted octanol–water partition coefficient (Wildman–Crippen LogP) is 3.32. The Bertz CT molecular complexity index is 1440. The summed E-state index contributed by atoms with van der Waals surface area (Å²) in [5, 5.41) is 5.39. The van der Waals surface area contributed by atoms with Gasteiger partial charge in [0.1, 0.15) is 16.4 Å². The molecule has 8 nitrogen and oxygen atoms in total. The smallest absolute Gasteiger partial charge is 0.336 e. The molecule has 1 saturated heterocycles. The Hall–Kier alpha value is -3.62. The lowest BCUT2D eigenvalue weighted by atomic mass is 10.1. The Balaban J connectivity index is 1.32. The van der Waals surface area contributed by atoms with Gasteiger partial charge in [0.2, 0.25) is 0 Å². The van der Waals surface area contributed by atoms with Crippen LogP contribution < -0.4 is 20.8 Å². The van der Waals surface area contributed by atoms with Gasteiger partial charge in [-0.3, -0.25) is 9.69 Å². The highest BCUT2D eigenvalue weighted by molar-refractivity contribution is 6.33. The Labute approximate surface area is 200 Å². The van der Waals surface area contributed by atoms with Crippen molar-refractivity contribution in [3.05, 3.63) is 92.2 Å². The van der Waals surface area contributed by atoms with Crippen LogP contribution in [0.15, 0.2) is 74.8 Å². The van der Waals surface area contributed by atoms with E-state index in [1.54, 1.807) is 25.4 Å². The van der Waals surface area contributed by atoms with Gasteiger partial charge < -0.3 is 14.1 Å². The topological polar surface area (TPSA) is 80.8 Å². The van der Waals surface area contributed by atoms with E-state index in [1.807, 2.05) is 42.5 Å². The first-order valence-electron chi connectivity index (χ1n) is 10.9. The fourth-order valence-corrected chi connectivity index (χ4v) is 4.50. The van der Waals surface area contributed by atoms with Crippen molar-refractivity contribution in [2.75, 3.05) is 38.2 Å². The van der Waals surface area contributed by atoms with E-state index in [4.69, 9.17) is 20.8 Å². The van der Waals surface area contributed by atoms with E-state index in [-0.39, 0.29) is 16.2 Å². The number of hydrogen-bond donors (Lipinski definition) is 0. The van der Waals surface area contributed by atoms with E-state index in [1.165, 1.54) is 4.68 Å². The van der Waals surface area contributed by atoms with Gasteiger partial charge >= 0.3 is 5.63 Å². The number of para-hydroxylation sites is 1. The number of anilines is 1. The third-order valence-corrected chi connectivity index (χ3v) is 6.40. The molecule has 0 spiro atoms. The minimum absolute atomic E-state index is 0.160. The van der Waals surface area contributed by atoms with Crippen molar-refractivity contribution in [2.24, 2.45) is 0 Å². The van der Waals surface area contributed by atoms with Gasteiger partial charge in [-0.2, -0.15) is 9.78 Å². The van der Waals surface area contributed by atoms with Gasteiger partial charge in [-0.05, 0) is 29.8 Å². The van der Waals surface area contributed by atoms with Crippen molar-refractivity contribution in [1.82, 2.24) is 14.7 Å². The second-order valence-corrected chi connectivity index (χ2v) is 8.49. The maximum atomic E-state index is 12.8. The highest BCUT2D eigenvalue weighted by Crippen LogP contribution is 2.26. The summed E-state index contributed by atoms with van der Waals surface area (Å²) in [6.45, 7) is 3.47. The zero-order valence-corrected chi connectivity index (χ0v) is 19.4. The SMILES string of the molecule is COc1ccc2c(CN3CCN(c4cnn(-c5ccccc5)c(=O)c4Cl)CC3)cc(=O)oc2c1. The third-order valence-electron chi connectivity index (χ3n) is 6.05. The highest BCUT2D eigenvalue weighted by atomic mass is 35.5. The predicted molar refractivity (Wildman–Crippen MR) is 131 cm³/mol. The average molecular weight is 479 g/mol. The van der Waals surface area contributed by atoms with Crippen molar-refractivity contribution in [2.45, 2.75) is 6.54 Å². The van der Waals surface area contributed by atoms with Crippen LogP contribution in [0.1, 0.15) is 5.56 Å². The van der Waals surface area contributed by atoms with Crippen LogP contribution in [0.25, 0.3) is 16.7 Å². The quantitative estimate of drug-likeness (QED) is 0.407. The molecule has 0 aliphatic carbocycles. The molecule has 0 bridgehead atoms. The number of fused-ring (bicyclic) bond motifs is 1. The van der Waals surface area contributed by atoms with E-state index in [0.29, 0.717) is 42.3 Å². The first-order chi connectivity index (χ1) is 16.5. The lowest BCUT2D eigenvalue weighted by molar-refractivity contribution is 0.250. The maximum absolute atomic E-state index is 12.8. The van der Waals surface area contributed by atoms with Crippen molar-refractivity contribution in [3.8, 4) is 11.4 Å². The summed E-state index contributed by atoms with van der Waals surface area (Å²) in [5.74, 6) is 0.640. The van der Waals surface area contributed by atoms with Crippen LogP contribution >= 0.6 is 11.6 Å². The second kappa shape index (κ2) is 9.32. The molecule has 0 unspecified atom stereocenters. The Morgan fingerprint density at radius 3 is 2.53 bits per heavy atom. The molecular formula is C25H23ClN4O4. The van der Waals surface area contributed by atoms with Crippen molar-refractivity contribution in [1.29, 1.82) is 0 Å². The molecule has 1 aliphatic rings. The fraction of sp³-hybridized carbons (Fsp3) is 0.240. The Morgan fingerprint density at radius 1 is 1.03 bits per heavy atom. The largest absolute Gasteiger partial charge is 0.497 e. The number of ether oxygens (including phenoxy) is 1. The van der Waals surface area contributed by atoms with E-state index in [9.17, 15) is 9.59 Å². The molecular weight excluding hydrogens is 456 g/mol. The molecule has 0 atom stereocenters. The summed E-state index contributed by atoms with van der Waals surface area (Å²) in [6, 6.07) is 16.2. The molecule has 2 aromatic carbocycles. The molecule has 0 amide bonds. The first kappa shape index (κ1) is 22.2. The molecule has 1 aliphatic heterocycles. The van der Waals surface area contributed by atoms with E-state index >= 15 is 0 Å². The minimum atomic E-state index is -0.383. The Morgan fingerprint density at radius 2 is 1.79 bits per heavy atom. The van der Waals surface area contributed by atoms with Crippen LogP contribution in [0.4, 0.5) is 5.69 Å². The van der Waals surface area contributed by atoms with Crippen LogP contribution in [0, 0.1) is 0 Å². The molecule has 1 fully saturated rings. The lowest BCUT2D eigenvalue weighted by Crippen LogP contribution is -2.46. The van der Waals surface area contributed by atoms with Crippen LogP contribution in [-0.4, -0.2) is 48.0 Å². The maximum Gasteiger partial charge on any atom is 0.336 e. The average Bonchev–Trinajstić information content (AvgIpc) is 2.86. The summed E-state index contributed by atoms with van der Waals surface area (Å²) in [7, 11) is 1.58. The molecule has 3 heterocycles. The number of aromatic nitrogens is 2. The van der Waals surface area contributed by atoms with Crippen molar-refractivity contribution < 1.29 is 9.15 Å². The molecule has 9 heteroatoms. The summed E-state index contributed by atoms with van der Waals surface area (Å²) < 4.78 is 11.9. The van der Waals surface area contributed by atoms with Gasteiger partial charge in [0, 0.05) is 50.2 Å². The van der Waals surface area contributed by atoms with Gasteiger partial charge in [-0.1, -0.05) is 29.8 Å². The van der Waals surface area contributed by atoms with Crippen LogP contribution in [0.5, 0.6) is 5.75 Å². The zero-order chi connectivity index (χ0) is 23.7. The molecule has 34 heavy (non-hydrogen) atoms. The second-order valence-electron chi connectivity index (χ2n) is 8.11. The number of benzene rings is 2. The number of hydrogen-bond acceptors (Lipinski definition) is 7. The van der Waals surface area contributed by atoms with E-state index in [0.717, 1.165) is 24.0 Å². The van der Waals surface area contributed by atoms with Gasteiger partial charge in [-0.15, -0.1) is 0 Å². The normalized spacial score (nSPS) is 14.5. The summed E-state index contributed by atoms with van der Waals surface area (Å²) in [5.41, 5.74) is 2.00. The fourth-order valence-electron chi connectivity index (χ4n) is 4.25. The summed E-state index contributed by atoms with van der Waals surface area (Å²) >= 11 is 6.47. The number of halogens is 1. The summed E-state index contributed by atoms with van der Waals surface area (Å²) in [6.07, 6.45) is 1.65. The number of rotatable bonds is 5. The standard InChI is InChI=1S/C25H23ClN4O4/c1-33-19-7-8-20-17(13-23(31)34-22(20)14-19)16-28-9-11-29(12-10-28)21-15-27-30(25(32)24(21)26)18-5-3-2-4-6-18/h2-8,13-15H,9-12,16H2,1H3. The molecule has 0 radical (unpaired) electrons. The first-order valence-corrected chi connectivity index (χ1v) is 11.3. The number of nitrogens with zero attached hydrogens (tertiary/aromatic N) is 4. The molecule has 0 N–H and O–H groups in total. The molecule has 174 valence electrons. The highest BCUT2D eigenvalue weighted by Gasteiger charge is 2.22. The van der Waals surface area contributed by atoms with Gasteiger partial charge in [-0.25, -0.2) is 4.79 Å².